The molecule has 2 aromatic rings. The van der Waals surface area contributed by atoms with Crippen LogP contribution in [-0.4, -0.2) is 91.5 Å². The van der Waals surface area contributed by atoms with Crippen LogP contribution >= 0.6 is 11.8 Å². The van der Waals surface area contributed by atoms with Crippen LogP contribution in [0.15, 0.2) is 48.5 Å². The maximum Gasteiger partial charge on any atom is 0.337 e. The first kappa shape index (κ1) is 25.1. The maximum atomic E-state index is 12.8. The molecule has 2 heterocycles. The number of carbonyl (C=O) groups excluding carboxylic acids is 3. The SMILES string of the molecule is COC(=O)c1ccc(N2CCN(CC(=O)Nc3cccc(C(=O)N4CCSCC4)c3)C(C)C2)cc1. The molecule has 35 heavy (non-hydrogen) atoms. The third kappa shape index (κ3) is 6.35. The molecule has 1 unspecified atom stereocenters. The van der Waals surface area contributed by atoms with Gasteiger partial charge in [-0.3, -0.25) is 14.5 Å². The monoisotopic (exact) mass is 496 g/mol. The van der Waals surface area contributed by atoms with Crippen molar-refractivity contribution in [2.24, 2.45) is 0 Å². The lowest BCUT2D eigenvalue weighted by atomic mass is 10.1. The number of thioether (sulfide) groups is 1. The number of esters is 1. The number of nitrogens with zero attached hydrogens (tertiary/aromatic N) is 3. The van der Waals surface area contributed by atoms with E-state index in [0.717, 1.165) is 49.9 Å². The molecule has 0 radical (unpaired) electrons. The van der Waals surface area contributed by atoms with Crippen LogP contribution in [0.5, 0.6) is 0 Å². The fourth-order valence-electron chi connectivity index (χ4n) is 4.45. The van der Waals surface area contributed by atoms with Gasteiger partial charge in [-0.2, -0.15) is 11.8 Å². The first-order valence-corrected chi connectivity index (χ1v) is 13.0. The number of hydrogen-bond acceptors (Lipinski definition) is 7. The second kappa shape index (κ2) is 11.6. The van der Waals surface area contributed by atoms with Crippen molar-refractivity contribution in [1.29, 1.82) is 0 Å². The van der Waals surface area contributed by atoms with E-state index in [4.69, 9.17) is 4.74 Å². The Balaban J connectivity index is 1.30. The molecule has 9 heteroatoms. The quantitative estimate of drug-likeness (QED) is 0.616. The first-order chi connectivity index (χ1) is 16.9. The minimum absolute atomic E-state index is 0.0192. The van der Waals surface area contributed by atoms with Crippen LogP contribution in [0, 0.1) is 0 Å². The van der Waals surface area contributed by atoms with Gasteiger partial charge in [0.1, 0.15) is 0 Å². The number of carbonyl (C=O) groups is 3. The van der Waals surface area contributed by atoms with E-state index in [2.05, 4.69) is 22.0 Å². The molecule has 2 amide bonds. The third-order valence-corrected chi connectivity index (χ3v) is 7.40. The lowest BCUT2D eigenvalue weighted by Crippen LogP contribution is -2.53. The standard InChI is InChI=1S/C26H32N4O4S/c1-19-17-30(23-8-6-20(7-9-23)26(33)34-2)11-10-29(19)18-24(31)27-22-5-3-4-21(16-22)25(32)28-12-14-35-15-13-28/h3-9,16,19H,10-15,17-18H2,1-2H3,(H,27,31). The summed E-state index contributed by atoms with van der Waals surface area (Å²) < 4.78 is 4.76. The Labute approximate surface area is 210 Å². The van der Waals surface area contributed by atoms with E-state index in [1.807, 2.05) is 40.9 Å². The Hall–Kier alpha value is -3.04. The van der Waals surface area contributed by atoms with E-state index < -0.39 is 0 Å². The number of methoxy groups -OCH3 is 1. The zero-order valence-electron chi connectivity index (χ0n) is 20.2. The highest BCUT2D eigenvalue weighted by atomic mass is 32.2. The summed E-state index contributed by atoms with van der Waals surface area (Å²) in [5.41, 5.74) is 2.82. The average molecular weight is 497 g/mol. The van der Waals surface area contributed by atoms with Crippen LogP contribution in [0.3, 0.4) is 0 Å². The van der Waals surface area contributed by atoms with Gasteiger partial charge in [0.05, 0.1) is 19.2 Å². The number of ether oxygens (including phenoxy) is 1. The molecule has 1 atom stereocenters. The minimum atomic E-state index is -0.346. The van der Waals surface area contributed by atoms with Crippen molar-refractivity contribution in [3.63, 3.8) is 0 Å². The van der Waals surface area contributed by atoms with E-state index in [1.54, 1.807) is 24.3 Å². The van der Waals surface area contributed by atoms with E-state index in [0.29, 0.717) is 16.8 Å². The first-order valence-electron chi connectivity index (χ1n) is 11.9. The number of anilines is 2. The molecule has 186 valence electrons. The van der Waals surface area contributed by atoms with Crippen molar-refractivity contribution < 1.29 is 19.1 Å². The Bertz CT molecular complexity index is 1060. The molecule has 0 aromatic heterocycles. The van der Waals surface area contributed by atoms with E-state index in [-0.39, 0.29) is 30.4 Å². The summed E-state index contributed by atoms with van der Waals surface area (Å²) in [4.78, 5) is 43.5. The van der Waals surface area contributed by atoms with Gasteiger partial charge >= 0.3 is 5.97 Å². The molecule has 0 bridgehead atoms. The highest BCUT2D eigenvalue weighted by Gasteiger charge is 2.26. The van der Waals surface area contributed by atoms with Crippen LogP contribution in [0.25, 0.3) is 0 Å². The van der Waals surface area contributed by atoms with E-state index in [1.165, 1.54) is 7.11 Å². The van der Waals surface area contributed by atoms with Crippen molar-refractivity contribution in [1.82, 2.24) is 9.80 Å². The van der Waals surface area contributed by atoms with Crippen molar-refractivity contribution in [3.8, 4) is 0 Å². The number of piperazine rings is 1. The molecule has 0 saturated carbocycles. The van der Waals surface area contributed by atoms with Gasteiger partial charge in [0.2, 0.25) is 5.91 Å². The van der Waals surface area contributed by atoms with Gasteiger partial charge < -0.3 is 19.9 Å². The van der Waals surface area contributed by atoms with Crippen molar-refractivity contribution in [3.05, 3.63) is 59.7 Å². The normalized spacial score (nSPS) is 18.7. The van der Waals surface area contributed by atoms with Gasteiger partial charge in [-0.05, 0) is 49.4 Å². The smallest absolute Gasteiger partial charge is 0.337 e. The lowest BCUT2D eigenvalue weighted by Gasteiger charge is -2.40. The summed E-state index contributed by atoms with van der Waals surface area (Å²) in [6, 6.07) is 14.8. The van der Waals surface area contributed by atoms with Crippen LogP contribution in [0.1, 0.15) is 27.6 Å². The molecule has 1 N–H and O–H groups in total. The molecule has 0 aliphatic carbocycles. The number of benzene rings is 2. The second-order valence-electron chi connectivity index (χ2n) is 8.84. The molecule has 2 aliphatic heterocycles. The molecular formula is C26H32N4O4S. The maximum absolute atomic E-state index is 12.8. The van der Waals surface area contributed by atoms with Crippen LogP contribution in [0.2, 0.25) is 0 Å². The van der Waals surface area contributed by atoms with Crippen molar-refractivity contribution in [2.45, 2.75) is 13.0 Å². The molecule has 2 fully saturated rings. The second-order valence-corrected chi connectivity index (χ2v) is 10.1. The van der Waals surface area contributed by atoms with Gasteiger partial charge in [-0.1, -0.05) is 6.07 Å². The fraction of sp³-hybridized carbons (Fsp3) is 0.423. The Morgan fingerprint density at radius 1 is 1.00 bits per heavy atom. The van der Waals surface area contributed by atoms with Gasteiger partial charge in [-0.25, -0.2) is 4.79 Å². The number of nitrogens with one attached hydrogen (secondary N) is 1. The summed E-state index contributed by atoms with van der Waals surface area (Å²) in [7, 11) is 1.37. The topological polar surface area (TPSA) is 82.2 Å². The lowest BCUT2D eigenvalue weighted by molar-refractivity contribution is -0.117. The van der Waals surface area contributed by atoms with E-state index >= 15 is 0 Å². The number of hydrogen-bond donors (Lipinski definition) is 1. The molecule has 0 spiro atoms. The van der Waals surface area contributed by atoms with Gasteiger partial charge in [-0.15, -0.1) is 0 Å². The third-order valence-electron chi connectivity index (χ3n) is 6.46. The van der Waals surface area contributed by atoms with Gasteiger partial charge in [0, 0.05) is 67.2 Å². The number of rotatable bonds is 6. The molecule has 2 saturated heterocycles. The Morgan fingerprint density at radius 2 is 1.74 bits per heavy atom. The van der Waals surface area contributed by atoms with Gasteiger partial charge in [0.15, 0.2) is 0 Å². The summed E-state index contributed by atoms with van der Waals surface area (Å²) in [6.45, 7) is 6.24. The molecule has 2 aromatic carbocycles. The molecule has 2 aliphatic rings. The highest BCUT2D eigenvalue weighted by Crippen LogP contribution is 2.21. The summed E-state index contributed by atoms with van der Waals surface area (Å²) in [5.74, 6) is 1.51. The van der Waals surface area contributed by atoms with Crippen molar-refractivity contribution in [2.75, 3.05) is 68.1 Å². The predicted molar refractivity (Wildman–Crippen MR) is 139 cm³/mol. The molecule has 8 nitrogen and oxygen atoms in total. The van der Waals surface area contributed by atoms with Gasteiger partial charge in [0.25, 0.3) is 5.91 Å². The fourth-order valence-corrected chi connectivity index (χ4v) is 5.36. The highest BCUT2D eigenvalue weighted by molar-refractivity contribution is 7.99. The Morgan fingerprint density at radius 3 is 2.43 bits per heavy atom. The van der Waals surface area contributed by atoms with E-state index in [9.17, 15) is 14.4 Å². The summed E-state index contributed by atoms with van der Waals surface area (Å²) >= 11 is 1.87. The van der Waals surface area contributed by atoms with Crippen LogP contribution < -0.4 is 10.2 Å². The Kier molecular flexibility index (Phi) is 8.30. The molecular weight excluding hydrogens is 464 g/mol. The average Bonchev–Trinajstić information content (AvgIpc) is 2.89. The summed E-state index contributed by atoms with van der Waals surface area (Å²) in [5, 5.41) is 2.96. The zero-order valence-corrected chi connectivity index (χ0v) is 21.1. The van der Waals surface area contributed by atoms with Crippen LogP contribution in [0.4, 0.5) is 11.4 Å². The predicted octanol–water partition coefficient (Wildman–Crippen LogP) is 2.81. The largest absolute Gasteiger partial charge is 0.465 e. The molecule has 4 rings (SSSR count). The number of amides is 2. The van der Waals surface area contributed by atoms with Crippen molar-refractivity contribution >= 4 is 40.9 Å². The minimum Gasteiger partial charge on any atom is -0.465 e. The van der Waals surface area contributed by atoms with Crippen LogP contribution in [-0.2, 0) is 9.53 Å². The zero-order chi connectivity index (χ0) is 24.8. The summed E-state index contributed by atoms with van der Waals surface area (Å²) in [6.07, 6.45) is 0.